The minimum absolute atomic E-state index is 0.149. The Morgan fingerprint density at radius 3 is 2.40 bits per heavy atom. The Labute approximate surface area is 120 Å². The number of hydrogen-bond acceptors (Lipinski definition) is 3. The van der Waals surface area contributed by atoms with E-state index in [0.29, 0.717) is 29.9 Å². The van der Waals surface area contributed by atoms with E-state index in [9.17, 15) is 4.39 Å². The van der Waals surface area contributed by atoms with Gasteiger partial charge < -0.3 is 15.2 Å². The molecule has 2 unspecified atom stereocenters. The monoisotopic (exact) mass is 281 g/mol. The third-order valence-corrected chi connectivity index (χ3v) is 3.79. The van der Waals surface area contributed by atoms with Crippen molar-refractivity contribution in [3.63, 3.8) is 0 Å². The molecule has 0 aliphatic heterocycles. The molecule has 1 aliphatic carbocycles. The van der Waals surface area contributed by atoms with E-state index in [1.807, 2.05) is 6.92 Å². The second-order valence-electron chi connectivity index (χ2n) is 5.91. The molecular formula is C16H24FNO2. The number of benzene rings is 1. The summed E-state index contributed by atoms with van der Waals surface area (Å²) in [4.78, 5) is 0. The number of rotatable bonds is 4. The molecular weight excluding hydrogens is 257 g/mol. The fraction of sp³-hybridized carbons (Fsp3) is 0.625. The van der Waals surface area contributed by atoms with Gasteiger partial charge in [-0.2, -0.15) is 0 Å². The largest absolute Gasteiger partial charge is 0.491 e. The quantitative estimate of drug-likeness (QED) is 0.848. The maximum absolute atomic E-state index is 13.7. The first-order chi connectivity index (χ1) is 9.49. The van der Waals surface area contributed by atoms with Crippen molar-refractivity contribution in [2.24, 2.45) is 11.8 Å². The van der Waals surface area contributed by atoms with Gasteiger partial charge in [0.1, 0.15) is 5.75 Å². The predicted octanol–water partition coefficient (Wildman–Crippen LogP) is 4.01. The topological polar surface area (TPSA) is 44.5 Å². The number of ether oxygens (including phenoxy) is 2. The molecule has 1 aliphatic rings. The van der Waals surface area contributed by atoms with Crippen LogP contribution in [0.2, 0.25) is 0 Å². The SMILES string of the molecule is CCOc1cc(OC2CC(C)CC(C)C2)c(N)cc1F. The lowest BCUT2D eigenvalue weighted by Crippen LogP contribution is -2.28. The third-order valence-electron chi connectivity index (χ3n) is 3.79. The van der Waals surface area contributed by atoms with Gasteiger partial charge in [-0.1, -0.05) is 13.8 Å². The molecule has 1 saturated carbocycles. The van der Waals surface area contributed by atoms with E-state index in [-0.39, 0.29) is 11.9 Å². The predicted molar refractivity (Wildman–Crippen MR) is 78.6 cm³/mol. The van der Waals surface area contributed by atoms with Crippen molar-refractivity contribution in [2.45, 2.75) is 46.1 Å². The standard InChI is InChI=1S/C16H24FNO2/c1-4-19-15-9-16(14(18)8-13(15)17)20-12-6-10(2)5-11(3)7-12/h8-12H,4-7,18H2,1-3H3. The van der Waals surface area contributed by atoms with Crippen molar-refractivity contribution in [1.82, 2.24) is 0 Å². The Hall–Kier alpha value is -1.45. The second-order valence-corrected chi connectivity index (χ2v) is 5.91. The zero-order chi connectivity index (χ0) is 14.7. The third kappa shape index (κ3) is 3.56. The van der Waals surface area contributed by atoms with Crippen LogP contribution in [-0.2, 0) is 0 Å². The molecule has 0 aromatic heterocycles. The van der Waals surface area contributed by atoms with E-state index >= 15 is 0 Å². The number of hydrogen-bond donors (Lipinski definition) is 1. The highest BCUT2D eigenvalue weighted by molar-refractivity contribution is 5.56. The Bertz CT molecular complexity index is 454. The average Bonchev–Trinajstić information content (AvgIpc) is 2.34. The van der Waals surface area contributed by atoms with E-state index in [4.69, 9.17) is 15.2 Å². The van der Waals surface area contributed by atoms with Crippen LogP contribution in [0.3, 0.4) is 0 Å². The second kappa shape index (κ2) is 6.33. The molecule has 112 valence electrons. The first-order valence-electron chi connectivity index (χ1n) is 7.38. The summed E-state index contributed by atoms with van der Waals surface area (Å²) in [7, 11) is 0. The first kappa shape index (κ1) is 14.9. The van der Waals surface area contributed by atoms with E-state index < -0.39 is 5.82 Å². The molecule has 20 heavy (non-hydrogen) atoms. The maximum Gasteiger partial charge on any atom is 0.167 e. The minimum atomic E-state index is -0.443. The average molecular weight is 281 g/mol. The molecule has 1 fully saturated rings. The molecule has 2 atom stereocenters. The van der Waals surface area contributed by atoms with Crippen molar-refractivity contribution in [3.8, 4) is 11.5 Å². The van der Waals surface area contributed by atoms with E-state index in [1.54, 1.807) is 6.07 Å². The number of halogens is 1. The normalized spacial score (nSPS) is 26.3. The van der Waals surface area contributed by atoms with Crippen LogP contribution < -0.4 is 15.2 Å². The van der Waals surface area contributed by atoms with Crippen LogP contribution in [0.15, 0.2) is 12.1 Å². The smallest absolute Gasteiger partial charge is 0.167 e. The van der Waals surface area contributed by atoms with Crippen LogP contribution in [0, 0.1) is 17.7 Å². The fourth-order valence-electron chi connectivity index (χ4n) is 3.07. The lowest BCUT2D eigenvalue weighted by atomic mass is 9.82. The number of nitrogen functional groups attached to an aromatic ring is 1. The number of anilines is 1. The van der Waals surface area contributed by atoms with Gasteiger partial charge in [-0.25, -0.2) is 4.39 Å². The summed E-state index contributed by atoms with van der Waals surface area (Å²) >= 11 is 0. The zero-order valence-corrected chi connectivity index (χ0v) is 12.5. The van der Waals surface area contributed by atoms with E-state index in [0.717, 1.165) is 12.8 Å². The summed E-state index contributed by atoms with van der Waals surface area (Å²) in [6, 6.07) is 2.84. The van der Waals surface area contributed by atoms with Crippen molar-refractivity contribution in [3.05, 3.63) is 17.9 Å². The zero-order valence-electron chi connectivity index (χ0n) is 12.5. The molecule has 3 nitrogen and oxygen atoms in total. The van der Waals surface area contributed by atoms with Gasteiger partial charge in [-0.15, -0.1) is 0 Å². The molecule has 0 spiro atoms. The Balaban J connectivity index is 2.13. The summed E-state index contributed by atoms with van der Waals surface area (Å²) < 4.78 is 24.9. The molecule has 0 heterocycles. The van der Waals surface area contributed by atoms with Gasteiger partial charge in [-0.05, 0) is 38.0 Å². The highest BCUT2D eigenvalue weighted by atomic mass is 19.1. The van der Waals surface area contributed by atoms with Crippen molar-refractivity contribution in [2.75, 3.05) is 12.3 Å². The van der Waals surface area contributed by atoms with Crippen molar-refractivity contribution in [1.29, 1.82) is 0 Å². The molecule has 2 N–H and O–H groups in total. The van der Waals surface area contributed by atoms with Crippen LogP contribution in [-0.4, -0.2) is 12.7 Å². The lowest BCUT2D eigenvalue weighted by Gasteiger charge is -2.32. The molecule has 4 heteroatoms. The molecule has 2 rings (SSSR count). The van der Waals surface area contributed by atoms with Gasteiger partial charge in [0.05, 0.1) is 18.4 Å². The molecule has 0 radical (unpaired) electrons. The Morgan fingerprint density at radius 1 is 1.15 bits per heavy atom. The summed E-state index contributed by atoms with van der Waals surface area (Å²) in [6.45, 7) is 6.72. The van der Waals surface area contributed by atoms with Gasteiger partial charge in [0.2, 0.25) is 0 Å². The number of nitrogens with two attached hydrogens (primary N) is 1. The van der Waals surface area contributed by atoms with E-state index in [1.165, 1.54) is 12.5 Å². The van der Waals surface area contributed by atoms with Gasteiger partial charge in [0, 0.05) is 12.1 Å². The van der Waals surface area contributed by atoms with Crippen molar-refractivity contribution >= 4 is 5.69 Å². The molecule has 0 saturated heterocycles. The molecule has 0 amide bonds. The van der Waals surface area contributed by atoms with Crippen LogP contribution in [0.1, 0.15) is 40.0 Å². The summed E-state index contributed by atoms with van der Waals surface area (Å²) in [5.74, 6) is 1.59. The summed E-state index contributed by atoms with van der Waals surface area (Å²) in [5.41, 5.74) is 6.18. The lowest BCUT2D eigenvalue weighted by molar-refractivity contribution is 0.101. The molecule has 1 aromatic carbocycles. The molecule has 0 bridgehead atoms. The Morgan fingerprint density at radius 2 is 1.80 bits per heavy atom. The van der Waals surface area contributed by atoms with Crippen LogP contribution >= 0.6 is 0 Å². The summed E-state index contributed by atoms with van der Waals surface area (Å²) in [5, 5.41) is 0. The van der Waals surface area contributed by atoms with Crippen LogP contribution in [0.5, 0.6) is 11.5 Å². The van der Waals surface area contributed by atoms with Crippen LogP contribution in [0.4, 0.5) is 10.1 Å². The highest BCUT2D eigenvalue weighted by Gasteiger charge is 2.26. The fourth-order valence-corrected chi connectivity index (χ4v) is 3.07. The maximum atomic E-state index is 13.7. The van der Waals surface area contributed by atoms with E-state index in [2.05, 4.69) is 13.8 Å². The highest BCUT2D eigenvalue weighted by Crippen LogP contribution is 2.35. The summed E-state index contributed by atoms with van der Waals surface area (Å²) in [6.07, 6.45) is 3.43. The van der Waals surface area contributed by atoms with Gasteiger partial charge in [0.15, 0.2) is 11.6 Å². The first-order valence-corrected chi connectivity index (χ1v) is 7.38. The van der Waals surface area contributed by atoms with Gasteiger partial charge >= 0.3 is 0 Å². The van der Waals surface area contributed by atoms with Gasteiger partial charge in [-0.3, -0.25) is 0 Å². The Kier molecular flexibility index (Phi) is 4.73. The van der Waals surface area contributed by atoms with Gasteiger partial charge in [0.25, 0.3) is 0 Å². The minimum Gasteiger partial charge on any atom is -0.491 e. The molecule has 1 aromatic rings. The van der Waals surface area contributed by atoms with Crippen molar-refractivity contribution < 1.29 is 13.9 Å². The van der Waals surface area contributed by atoms with Crippen LogP contribution in [0.25, 0.3) is 0 Å².